The molecule has 0 aliphatic carbocycles. The molecule has 7 heteroatoms. The molecule has 0 aromatic carbocycles. The molecule has 0 bridgehead atoms. The number of fused-ring (bicyclic) bond motifs is 1. The molecular formula is C19H28N6O. The summed E-state index contributed by atoms with van der Waals surface area (Å²) in [6.45, 7) is 8.32. The van der Waals surface area contributed by atoms with Crippen LogP contribution >= 0.6 is 0 Å². The Bertz CT molecular complexity index is 771. The molecule has 2 saturated heterocycles. The van der Waals surface area contributed by atoms with Crippen LogP contribution in [-0.2, 0) is 11.2 Å². The van der Waals surface area contributed by atoms with Gasteiger partial charge in [0.1, 0.15) is 5.82 Å². The third kappa shape index (κ3) is 3.52. The topological polar surface area (TPSA) is 66.6 Å². The van der Waals surface area contributed by atoms with Crippen LogP contribution in [0.5, 0.6) is 0 Å². The maximum absolute atomic E-state index is 12.6. The zero-order valence-corrected chi connectivity index (χ0v) is 15.8. The third-order valence-corrected chi connectivity index (χ3v) is 5.53. The quantitative estimate of drug-likeness (QED) is 0.840. The largest absolute Gasteiger partial charge is 0.355 e. The number of carbonyl (C=O) groups is 1. The van der Waals surface area contributed by atoms with E-state index in [0.29, 0.717) is 24.7 Å². The molecule has 0 spiro atoms. The van der Waals surface area contributed by atoms with E-state index < -0.39 is 0 Å². The van der Waals surface area contributed by atoms with Gasteiger partial charge in [0.2, 0.25) is 5.91 Å². The Balaban J connectivity index is 1.45. The molecule has 2 aromatic rings. The van der Waals surface area contributed by atoms with Crippen molar-refractivity contribution in [2.75, 3.05) is 31.1 Å². The number of nitrogens with zero attached hydrogens (tertiary/aromatic N) is 6. The van der Waals surface area contributed by atoms with Crippen LogP contribution in [0.2, 0.25) is 0 Å². The summed E-state index contributed by atoms with van der Waals surface area (Å²) in [6, 6.07) is 3.98. The minimum absolute atomic E-state index is 0.218. The van der Waals surface area contributed by atoms with Crippen LogP contribution in [-0.4, -0.2) is 56.8 Å². The molecule has 0 radical (unpaired) electrons. The molecule has 26 heavy (non-hydrogen) atoms. The lowest BCUT2D eigenvalue weighted by Gasteiger charge is -2.35. The highest BCUT2D eigenvalue weighted by Gasteiger charge is 2.25. The predicted molar refractivity (Wildman–Crippen MR) is 100 cm³/mol. The lowest BCUT2D eigenvalue weighted by Crippen LogP contribution is -2.42. The first kappa shape index (κ1) is 17.2. The fourth-order valence-electron chi connectivity index (χ4n) is 4.34. The summed E-state index contributed by atoms with van der Waals surface area (Å²) in [5.74, 6) is 3.13. The molecule has 4 rings (SSSR count). The lowest BCUT2D eigenvalue weighted by atomic mass is 9.91. The van der Waals surface area contributed by atoms with Gasteiger partial charge in [-0.1, -0.05) is 13.8 Å². The Labute approximate surface area is 154 Å². The van der Waals surface area contributed by atoms with Gasteiger partial charge in [-0.25, -0.2) is 0 Å². The molecule has 1 amide bonds. The molecular weight excluding hydrogens is 328 g/mol. The smallest absolute Gasteiger partial charge is 0.223 e. The fraction of sp³-hybridized carbons (Fsp3) is 0.684. The van der Waals surface area contributed by atoms with Crippen molar-refractivity contribution in [1.29, 1.82) is 0 Å². The summed E-state index contributed by atoms with van der Waals surface area (Å²) in [5.41, 5.74) is 0.746. The molecule has 2 fully saturated rings. The third-order valence-electron chi connectivity index (χ3n) is 5.53. The van der Waals surface area contributed by atoms with E-state index in [1.807, 2.05) is 21.5 Å². The van der Waals surface area contributed by atoms with E-state index in [2.05, 4.69) is 28.9 Å². The highest BCUT2D eigenvalue weighted by Crippen LogP contribution is 2.22. The van der Waals surface area contributed by atoms with Gasteiger partial charge in [0.25, 0.3) is 0 Å². The van der Waals surface area contributed by atoms with Crippen LogP contribution in [0.1, 0.15) is 45.4 Å². The lowest BCUT2D eigenvalue weighted by molar-refractivity contribution is -0.133. The molecule has 2 aromatic heterocycles. The number of likely N-dealkylation sites (tertiary alicyclic amines) is 1. The second-order valence-electron chi connectivity index (χ2n) is 8.02. The highest BCUT2D eigenvalue weighted by atomic mass is 16.2. The van der Waals surface area contributed by atoms with Gasteiger partial charge in [-0.2, -0.15) is 4.52 Å². The van der Waals surface area contributed by atoms with Gasteiger partial charge in [-0.05, 0) is 43.2 Å². The van der Waals surface area contributed by atoms with Crippen molar-refractivity contribution in [2.45, 2.75) is 46.0 Å². The Morgan fingerprint density at radius 3 is 2.58 bits per heavy atom. The number of hydrogen-bond acceptors (Lipinski definition) is 5. The average molecular weight is 356 g/mol. The second-order valence-corrected chi connectivity index (χ2v) is 8.02. The molecule has 4 heterocycles. The summed E-state index contributed by atoms with van der Waals surface area (Å²) < 4.78 is 1.81. The molecule has 2 aliphatic heterocycles. The fourth-order valence-corrected chi connectivity index (χ4v) is 4.34. The van der Waals surface area contributed by atoms with Gasteiger partial charge in [0.05, 0.1) is 0 Å². The van der Waals surface area contributed by atoms with Crippen LogP contribution in [0.3, 0.4) is 0 Å². The van der Waals surface area contributed by atoms with E-state index in [0.717, 1.165) is 43.5 Å². The SMILES string of the molecule is CC1CC(C)CN(C(=O)CCc2nnc3ccc(N4CCCC4)nn23)C1. The number of carbonyl (C=O) groups excluding carboxylic acids is 1. The van der Waals surface area contributed by atoms with Crippen LogP contribution in [0.15, 0.2) is 12.1 Å². The van der Waals surface area contributed by atoms with Crippen LogP contribution in [0, 0.1) is 11.8 Å². The second kappa shape index (κ2) is 7.21. The molecule has 2 unspecified atom stereocenters. The Morgan fingerprint density at radius 2 is 1.85 bits per heavy atom. The normalized spacial score (nSPS) is 23.8. The van der Waals surface area contributed by atoms with E-state index in [1.54, 1.807) is 0 Å². The molecule has 2 aliphatic rings. The van der Waals surface area contributed by atoms with Crippen molar-refractivity contribution >= 4 is 17.4 Å². The van der Waals surface area contributed by atoms with Crippen LogP contribution < -0.4 is 4.90 Å². The maximum atomic E-state index is 12.6. The summed E-state index contributed by atoms with van der Waals surface area (Å²) in [7, 11) is 0. The minimum Gasteiger partial charge on any atom is -0.355 e. The number of rotatable bonds is 4. The number of hydrogen-bond donors (Lipinski definition) is 0. The van der Waals surface area contributed by atoms with Gasteiger partial charge in [0, 0.05) is 39.0 Å². The van der Waals surface area contributed by atoms with Crippen molar-refractivity contribution in [3.8, 4) is 0 Å². The minimum atomic E-state index is 0.218. The first-order valence-electron chi connectivity index (χ1n) is 9.84. The monoisotopic (exact) mass is 356 g/mol. The highest BCUT2D eigenvalue weighted by molar-refractivity contribution is 5.76. The van der Waals surface area contributed by atoms with E-state index in [-0.39, 0.29) is 5.91 Å². The van der Waals surface area contributed by atoms with Crippen molar-refractivity contribution in [3.63, 3.8) is 0 Å². The number of anilines is 1. The van der Waals surface area contributed by atoms with Gasteiger partial charge in [0.15, 0.2) is 11.5 Å². The Morgan fingerprint density at radius 1 is 1.12 bits per heavy atom. The summed E-state index contributed by atoms with van der Waals surface area (Å²) in [4.78, 5) is 17.0. The van der Waals surface area contributed by atoms with Gasteiger partial charge < -0.3 is 9.80 Å². The predicted octanol–water partition coefficient (Wildman–Crippen LogP) is 2.16. The number of piperidine rings is 1. The number of amides is 1. The maximum Gasteiger partial charge on any atom is 0.223 e. The molecule has 140 valence electrons. The zero-order valence-electron chi connectivity index (χ0n) is 15.8. The average Bonchev–Trinajstić information content (AvgIpc) is 3.28. The standard InChI is InChI=1S/C19H28N6O/c1-14-11-15(2)13-24(12-14)19(26)8-7-17-21-20-16-5-6-18(22-25(16)17)23-9-3-4-10-23/h5-6,14-15H,3-4,7-13H2,1-2H3. The van der Waals surface area contributed by atoms with Gasteiger partial charge >= 0.3 is 0 Å². The molecule has 0 N–H and O–H groups in total. The van der Waals surface area contributed by atoms with E-state index >= 15 is 0 Å². The number of aryl methyl sites for hydroxylation is 1. The van der Waals surface area contributed by atoms with Crippen molar-refractivity contribution in [1.82, 2.24) is 24.7 Å². The molecule has 0 saturated carbocycles. The van der Waals surface area contributed by atoms with Crippen LogP contribution in [0.25, 0.3) is 5.65 Å². The zero-order chi connectivity index (χ0) is 18.1. The van der Waals surface area contributed by atoms with Crippen molar-refractivity contribution in [3.05, 3.63) is 18.0 Å². The van der Waals surface area contributed by atoms with Gasteiger partial charge in [-0.3, -0.25) is 4.79 Å². The van der Waals surface area contributed by atoms with E-state index in [1.165, 1.54) is 19.3 Å². The van der Waals surface area contributed by atoms with E-state index in [4.69, 9.17) is 5.10 Å². The molecule has 7 nitrogen and oxygen atoms in total. The van der Waals surface area contributed by atoms with Crippen molar-refractivity contribution < 1.29 is 4.79 Å². The summed E-state index contributed by atoms with van der Waals surface area (Å²) >= 11 is 0. The Kier molecular flexibility index (Phi) is 4.78. The first-order chi connectivity index (χ1) is 12.6. The molecule has 2 atom stereocenters. The summed E-state index contributed by atoms with van der Waals surface area (Å²) in [5, 5.41) is 13.2. The first-order valence-corrected chi connectivity index (χ1v) is 9.84. The van der Waals surface area contributed by atoms with Crippen molar-refractivity contribution in [2.24, 2.45) is 11.8 Å². The van der Waals surface area contributed by atoms with Crippen LogP contribution in [0.4, 0.5) is 5.82 Å². The Hall–Kier alpha value is -2.18. The van der Waals surface area contributed by atoms with Gasteiger partial charge in [-0.15, -0.1) is 15.3 Å². The van der Waals surface area contributed by atoms with E-state index in [9.17, 15) is 4.79 Å². The summed E-state index contributed by atoms with van der Waals surface area (Å²) in [6.07, 6.45) is 4.69. The number of aromatic nitrogens is 4.